The maximum Gasteiger partial charge on any atom is 0.237 e. The molecule has 4 atom stereocenters. The molecule has 2 saturated heterocycles. The largest absolute Gasteiger partial charge is 0.486 e. The molecule has 50 heavy (non-hydrogen) atoms. The number of aliphatic hydroxyl groups excluding tert-OH is 1. The summed E-state index contributed by atoms with van der Waals surface area (Å²) in [5.41, 5.74) is 2.14. The number of allylic oxidation sites excluding steroid dienone is 2. The van der Waals surface area contributed by atoms with E-state index in [1.807, 2.05) is 11.0 Å². The van der Waals surface area contributed by atoms with Gasteiger partial charge in [-0.1, -0.05) is 37.5 Å². The first-order valence-corrected chi connectivity index (χ1v) is 18.8. The van der Waals surface area contributed by atoms with Gasteiger partial charge in [0.25, 0.3) is 0 Å². The second kappa shape index (κ2) is 17.8. The molecule has 1 aromatic carbocycles. The minimum atomic E-state index is -0.682. The van der Waals surface area contributed by atoms with Gasteiger partial charge in [-0.3, -0.25) is 30.4 Å². The van der Waals surface area contributed by atoms with E-state index >= 15 is 0 Å². The number of oxazole rings is 1. The van der Waals surface area contributed by atoms with Gasteiger partial charge in [-0.05, 0) is 74.6 Å². The van der Waals surface area contributed by atoms with Crippen molar-refractivity contribution in [1.82, 2.24) is 36.1 Å². The summed E-state index contributed by atoms with van der Waals surface area (Å²) >= 11 is 0. The first kappa shape index (κ1) is 36.5. The van der Waals surface area contributed by atoms with E-state index < -0.39 is 6.10 Å². The van der Waals surface area contributed by atoms with Crippen LogP contribution in [0.4, 0.5) is 0 Å². The van der Waals surface area contributed by atoms with E-state index in [-0.39, 0.29) is 42.0 Å². The van der Waals surface area contributed by atoms with Gasteiger partial charge < -0.3 is 24.5 Å². The lowest BCUT2D eigenvalue weighted by atomic mass is 9.68. The fourth-order valence-electron chi connectivity index (χ4n) is 8.36. The van der Waals surface area contributed by atoms with Crippen LogP contribution in [0.25, 0.3) is 0 Å². The minimum Gasteiger partial charge on any atom is -0.486 e. The van der Waals surface area contributed by atoms with E-state index in [4.69, 9.17) is 9.15 Å². The summed E-state index contributed by atoms with van der Waals surface area (Å²) in [6.07, 6.45) is 18.1. The number of benzene rings is 1. The fourth-order valence-corrected chi connectivity index (χ4v) is 8.36. The molecule has 1 spiro atoms. The zero-order chi connectivity index (χ0) is 34.8. The highest BCUT2D eigenvalue weighted by atomic mass is 16.5. The van der Waals surface area contributed by atoms with Crippen molar-refractivity contribution in [2.24, 2.45) is 5.41 Å². The number of ether oxygens (including phenoxy) is 1. The van der Waals surface area contributed by atoms with E-state index in [0.717, 1.165) is 89.7 Å². The predicted octanol–water partition coefficient (Wildman–Crippen LogP) is 3.21. The molecular formula is C38H57N7O5. The Balaban J connectivity index is 1.06. The van der Waals surface area contributed by atoms with Crippen molar-refractivity contribution in [3.8, 4) is 5.75 Å². The molecule has 2 amide bonds. The predicted molar refractivity (Wildman–Crippen MR) is 191 cm³/mol. The highest BCUT2D eigenvalue weighted by Gasteiger charge is 2.50. The standard InChI is InChI=1S/C38H57N7O5/c1-28(46)45-18-13-31(14-19-45)43-37-38(15-8-6-4-2-3-5-7-9-16-38)35(41-26-42-37)36(48)40-21-32(47)24-44-17-12-29-20-33(11-10-30(29)23-44)49-25-34-22-39-27-50-34/h4,6,10-11,20,22,27,31-32,35,37,41-43,47H,2-3,5,7-9,12-19,21,23-26H2,1H3,(H,40,48)/b6-4-/t32-,35?,37?,38?/m0/s1. The van der Waals surface area contributed by atoms with Crippen molar-refractivity contribution < 1.29 is 23.8 Å². The second-order valence-electron chi connectivity index (χ2n) is 14.7. The molecule has 0 saturated carbocycles. The van der Waals surface area contributed by atoms with Crippen LogP contribution in [0.3, 0.4) is 0 Å². The Morgan fingerprint density at radius 2 is 1.92 bits per heavy atom. The third-order valence-corrected chi connectivity index (χ3v) is 11.2. The molecule has 2 fully saturated rings. The van der Waals surface area contributed by atoms with Crippen LogP contribution in [0.15, 0.2) is 47.4 Å². The molecule has 6 rings (SSSR count). The van der Waals surface area contributed by atoms with Gasteiger partial charge in [-0.15, -0.1) is 0 Å². The number of carbonyl (C=O) groups excluding carboxylic acids is 2. The summed E-state index contributed by atoms with van der Waals surface area (Å²) in [6.45, 7) is 6.31. The molecule has 1 aliphatic carbocycles. The van der Waals surface area contributed by atoms with E-state index in [0.29, 0.717) is 25.6 Å². The number of nitrogens with zero attached hydrogens (tertiary/aromatic N) is 3. The van der Waals surface area contributed by atoms with Crippen LogP contribution in [0.2, 0.25) is 0 Å². The fraction of sp³-hybridized carbons (Fsp3) is 0.658. The number of aliphatic hydroxyl groups is 1. The van der Waals surface area contributed by atoms with E-state index in [2.05, 4.69) is 55.4 Å². The zero-order valence-corrected chi connectivity index (χ0v) is 29.7. The molecule has 1 aromatic heterocycles. The number of rotatable bonds is 10. The van der Waals surface area contributed by atoms with E-state index in [1.165, 1.54) is 30.4 Å². The molecule has 0 radical (unpaired) electrons. The second-order valence-corrected chi connectivity index (χ2v) is 14.7. The van der Waals surface area contributed by atoms with Crippen molar-refractivity contribution in [3.63, 3.8) is 0 Å². The lowest BCUT2D eigenvalue weighted by Crippen LogP contribution is -2.73. The quantitative estimate of drug-likeness (QED) is 0.236. The molecule has 2 aromatic rings. The molecule has 4 aliphatic rings. The lowest BCUT2D eigenvalue weighted by Gasteiger charge is -2.52. The summed E-state index contributed by atoms with van der Waals surface area (Å²) in [6, 6.07) is 6.06. The number of hydrogen-bond donors (Lipinski definition) is 5. The van der Waals surface area contributed by atoms with Gasteiger partial charge in [0, 0.05) is 64.3 Å². The average molecular weight is 692 g/mol. The van der Waals surface area contributed by atoms with Crippen molar-refractivity contribution in [2.45, 2.75) is 115 Å². The maximum absolute atomic E-state index is 14.1. The van der Waals surface area contributed by atoms with Gasteiger partial charge in [0.2, 0.25) is 11.8 Å². The van der Waals surface area contributed by atoms with Gasteiger partial charge in [0.1, 0.15) is 12.4 Å². The molecule has 3 unspecified atom stereocenters. The van der Waals surface area contributed by atoms with Crippen LogP contribution >= 0.6 is 0 Å². The third kappa shape index (κ3) is 9.52. The van der Waals surface area contributed by atoms with Crippen LogP contribution in [0.5, 0.6) is 5.75 Å². The Morgan fingerprint density at radius 3 is 2.74 bits per heavy atom. The number of amides is 2. The number of carbonyl (C=O) groups is 2. The van der Waals surface area contributed by atoms with Crippen LogP contribution in [0, 0.1) is 5.41 Å². The number of fused-ring (bicyclic) bond motifs is 1. The molecule has 4 heterocycles. The molecular weight excluding hydrogens is 634 g/mol. The molecule has 0 bridgehead atoms. The first-order valence-electron chi connectivity index (χ1n) is 18.8. The Bertz CT molecular complexity index is 1410. The van der Waals surface area contributed by atoms with Crippen LogP contribution in [-0.4, -0.2) is 95.5 Å². The number of piperidine rings is 1. The van der Waals surface area contributed by atoms with Gasteiger partial charge in [0.15, 0.2) is 12.2 Å². The van der Waals surface area contributed by atoms with E-state index in [1.54, 1.807) is 13.1 Å². The average Bonchev–Trinajstić information content (AvgIpc) is 3.63. The van der Waals surface area contributed by atoms with Gasteiger partial charge in [0.05, 0.1) is 24.5 Å². The van der Waals surface area contributed by atoms with Crippen LogP contribution < -0.4 is 26.0 Å². The molecule has 5 N–H and O–H groups in total. The van der Waals surface area contributed by atoms with Gasteiger partial charge in [-0.25, -0.2) is 4.98 Å². The highest BCUT2D eigenvalue weighted by molar-refractivity contribution is 5.83. The molecule has 12 nitrogen and oxygen atoms in total. The number of hydrogen-bond acceptors (Lipinski definition) is 10. The molecule has 12 heteroatoms. The SMILES string of the molecule is CC(=O)N1CCC(NC2NCNC(C(=O)NC[C@H](O)CN3CCc4cc(OCc5cnco5)ccc4C3)C23CC/C=C\CCCCCC3)CC1. The zero-order valence-electron chi connectivity index (χ0n) is 29.7. The summed E-state index contributed by atoms with van der Waals surface area (Å²) < 4.78 is 11.2. The summed E-state index contributed by atoms with van der Waals surface area (Å²) in [5.74, 6) is 1.59. The topological polar surface area (TPSA) is 144 Å². The Labute approximate surface area is 296 Å². The maximum atomic E-state index is 14.1. The monoisotopic (exact) mass is 691 g/mol. The highest BCUT2D eigenvalue weighted by Crippen LogP contribution is 2.40. The Kier molecular flexibility index (Phi) is 13.0. The number of nitrogens with one attached hydrogen (secondary N) is 4. The van der Waals surface area contributed by atoms with Gasteiger partial charge in [-0.2, -0.15) is 0 Å². The smallest absolute Gasteiger partial charge is 0.237 e. The first-order chi connectivity index (χ1) is 24.4. The number of β-amino-alcohol motifs (C(OH)–C–C–N with tert-alkyl or cyclic N) is 1. The summed E-state index contributed by atoms with van der Waals surface area (Å²) in [7, 11) is 0. The number of aromatic nitrogens is 1. The van der Waals surface area contributed by atoms with Crippen LogP contribution in [-0.2, 0) is 29.2 Å². The van der Waals surface area contributed by atoms with E-state index in [9.17, 15) is 14.7 Å². The normalized spacial score (nSPS) is 26.8. The minimum absolute atomic E-state index is 0.0334. The summed E-state index contributed by atoms with van der Waals surface area (Å²) in [5, 5.41) is 25.5. The van der Waals surface area contributed by atoms with Crippen LogP contribution in [0.1, 0.15) is 88.0 Å². The number of likely N-dealkylation sites (tertiary alicyclic amines) is 1. The van der Waals surface area contributed by atoms with Crippen molar-refractivity contribution >= 4 is 11.8 Å². The molecule has 274 valence electrons. The lowest BCUT2D eigenvalue weighted by molar-refractivity contribution is -0.132. The Hall–Kier alpha value is -3.29. The Morgan fingerprint density at radius 1 is 1.08 bits per heavy atom. The van der Waals surface area contributed by atoms with Crippen molar-refractivity contribution in [2.75, 3.05) is 39.4 Å². The van der Waals surface area contributed by atoms with Crippen molar-refractivity contribution in [1.29, 1.82) is 0 Å². The molecule has 3 aliphatic heterocycles. The summed E-state index contributed by atoms with van der Waals surface area (Å²) in [4.78, 5) is 34.2. The van der Waals surface area contributed by atoms with Gasteiger partial charge >= 0.3 is 0 Å². The van der Waals surface area contributed by atoms with Crippen molar-refractivity contribution in [3.05, 3.63) is 59.8 Å². The third-order valence-electron chi connectivity index (χ3n) is 11.2.